The summed E-state index contributed by atoms with van der Waals surface area (Å²) in [5.74, 6) is 1.70. The highest BCUT2D eigenvalue weighted by molar-refractivity contribution is 5.76. The van der Waals surface area contributed by atoms with Crippen molar-refractivity contribution in [3.8, 4) is 5.75 Å². The van der Waals surface area contributed by atoms with E-state index < -0.39 is 0 Å². The van der Waals surface area contributed by atoms with Gasteiger partial charge in [0.1, 0.15) is 5.75 Å². The number of amides is 1. The minimum Gasteiger partial charge on any atom is -0.494 e. The maximum absolute atomic E-state index is 12.1. The van der Waals surface area contributed by atoms with Crippen LogP contribution in [0.5, 0.6) is 5.75 Å². The first-order valence-corrected chi connectivity index (χ1v) is 8.31. The molecule has 2 rings (SSSR count). The Morgan fingerprint density at radius 3 is 2.50 bits per heavy atom. The Hall–Kier alpha value is -1.55. The number of ether oxygens (including phenoxy) is 1. The van der Waals surface area contributed by atoms with Crippen LogP contribution in [0.4, 0.5) is 0 Å². The van der Waals surface area contributed by atoms with Crippen molar-refractivity contribution in [1.29, 1.82) is 0 Å². The van der Waals surface area contributed by atoms with Crippen LogP contribution >= 0.6 is 0 Å². The van der Waals surface area contributed by atoms with Crippen molar-refractivity contribution in [2.24, 2.45) is 5.92 Å². The van der Waals surface area contributed by atoms with Crippen molar-refractivity contribution in [1.82, 2.24) is 9.80 Å². The van der Waals surface area contributed by atoms with Gasteiger partial charge in [0.2, 0.25) is 5.91 Å². The van der Waals surface area contributed by atoms with E-state index in [1.807, 2.05) is 24.0 Å². The highest BCUT2D eigenvalue weighted by Crippen LogP contribution is 2.20. The number of carbonyl (C=O) groups excluding carboxylic acids is 1. The average Bonchev–Trinajstić information content (AvgIpc) is 2.49. The molecule has 0 N–H and O–H groups in total. The molecule has 1 aromatic carbocycles. The Kier molecular flexibility index (Phi) is 6.25. The minimum absolute atomic E-state index is 0.296. The zero-order valence-corrected chi connectivity index (χ0v) is 14.0. The van der Waals surface area contributed by atoms with Crippen LogP contribution in [0.3, 0.4) is 0 Å². The molecule has 0 unspecified atom stereocenters. The van der Waals surface area contributed by atoms with E-state index in [4.69, 9.17) is 4.74 Å². The summed E-state index contributed by atoms with van der Waals surface area (Å²) in [6.07, 6.45) is 0.660. The largest absolute Gasteiger partial charge is 0.494 e. The van der Waals surface area contributed by atoms with Crippen LogP contribution in [0.15, 0.2) is 24.3 Å². The molecular formula is C18H28N2O2. The monoisotopic (exact) mass is 304 g/mol. The Bertz CT molecular complexity index is 480. The molecule has 1 aliphatic rings. The van der Waals surface area contributed by atoms with Crippen molar-refractivity contribution in [3.05, 3.63) is 29.8 Å². The summed E-state index contributed by atoms with van der Waals surface area (Å²) in [6, 6.07) is 8.22. The average molecular weight is 304 g/mol. The summed E-state index contributed by atoms with van der Waals surface area (Å²) in [7, 11) is 0. The van der Waals surface area contributed by atoms with Gasteiger partial charge in [-0.1, -0.05) is 32.0 Å². The van der Waals surface area contributed by atoms with Gasteiger partial charge in [-0.05, 0) is 18.9 Å². The molecule has 0 aliphatic carbocycles. The molecule has 0 spiro atoms. The van der Waals surface area contributed by atoms with Gasteiger partial charge in [-0.2, -0.15) is 0 Å². The minimum atomic E-state index is 0.296. The van der Waals surface area contributed by atoms with E-state index in [9.17, 15) is 4.79 Å². The predicted octanol–water partition coefficient (Wildman–Crippen LogP) is 2.78. The van der Waals surface area contributed by atoms with Gasteiger partial charge in [0, 0.05) is 44.7 Å². The van der Waals surface area contributed by atoms with Crippen molar-refractivity contribution in [2.75, 3.05) is 32.8 Å². The second-order valence-corrected chi connectivity index (χ2v) is 6.30. The first-order valence-electron chi connectivity index (χ1n) is 8.31. The van der Waals surface area contributed by atoms with Crippen molar-refractivity contribution >= 4 is 5.91 Å². The molecule has 0 atom stereocenters. The molecule has 1 saturated heterocycles. The van der Waals surface area contributed by atoms with E-state index in [0.29, 0.717) is 24.9 Å². The second-order valence-electron chi connectivity index (χ2n) is 6.30. The number of hydrogen-bond acceptors (Lipinski definition) is 3. The van der Waals surface area contributed by atoms with Crippen LogP contribution in [-0.2, 0) is 11.3 Å². The summed E-state index contributed by atoms with van der Waals surface area (Å²) in [5.41, 5.74) is 1.23. The number of benzene rings is 1. The number of nitrogens with zero attached hydrogens (tertiary/aromatic N) is 2. The Labute approximate surface area is 134 Å². The summed E-state index contributed by atoms with van der Waals surface area (Å²) in [4.78, 5) is 16.5. The molecule has 0 saturated carbocycles. The third-order valence-corrected chi connectivity index (χ3v) is 3.97. The van der Waals surface area contributed by atoms with Crippen molar-refractivity contribution < 1.29 is 9.53 Å². The van der Waals surface area contributed by atoms with E-state index in [-0.39, 0.29) is 0 Å². The molecule has 4 heteroatoms. The fourth-order valence-electron chi connectivity index (χ4n) is 2.81. The zero-order chi connectivity index (χ0) is 15.9. The number of piperazine rings is 1. The van der Waals surface area contributed by atoms with Gasteiger partial charge in [0.25, 0.3) is 0 Å². The lowest BCUT2D eigenvalue weighted by Gasteiger charge is -2.35. The quantitative estimate of drug-likeness (QED) is 0.810. The molecule has 1 fully saturated rings. The fraction of sp³-hybridized carbons (Fsp3) is 0.611. The van der Waals surface area contributed by atoms with E-state index in [2.05, 4.69) is 30.9 Å². The Morgan fingerprint density at radius 1 is 1.18 bits per heavy atom. The molecule has 0 aromatic heterocycles. The SMILES string of the molecule is CCOc1ccccc1CN1CCN(C(=O)CC(C)C)CC1. The molecule has 1 aromatic rings. The van der Waals surface area contributed by atoms with E-state index >= 15 is 0 Å². The highest BCUT2D eigenvalue weighted by atomic mass is 16.5. The molecule has 1 heterocycles. The number of para-hydroxylation sites is 1. The van der Waals surface area contributed by atoms with Crippen molar-refractivity contribution in [3.63, 3.8) is 0 Å². The lowest BCUT2D eigenvalue weighted by molar-refractivity contribution is -0.133. The third-order valence-electron chi connectivity index (χ3n) is 3.97. The molecule has 0 bridgehead atoms. The summed E-state index contributed by atoms with van der Waals surface area (Å²) in [5, 5.41) is 0. The van der Waals surface area contributed by atoms with Crippen LogP contribution in [0.2, 0.25) is 0 Å². The van der Waals surface area contributed by atoms with Gasteiger partial charge in [-0.25, -0.2) is 0 Å². The van der Waals surface area contributed by atoms with E-state index in [1.165, 1.54) is 5.56 Å². The third kappa shape index (κ3) is 4.73. The van der Waals surface area contributed by atoms with E-state index in [0.717, 1.165) is 38.5 Å². The van der Waals surface area contributed by atoms with Crippen LogP contribution in [0.1, 0.15) is 32.8 Å². The molecule has 4 nitrogen and oxygen atoms in total. The lowest BCUT2D eigenvalue weighted by atomic mass is 10.1. The van der Waals surface area contributed by atoms with E-state index in [1.54, 1.807) is 0 Å². The van der Waals surface area contributed by atoms with Crippen molar-refractivity contribution in [2.45, 2.75) is 33.7 Å². The summed E-state index contributed by atoms with van der Waals surface area (Å²) in [6.45, 7) is 11.3. The van der Waals surface area contributed by atoms with Crippen LogP contribution < -0.4 is 4.74 Å². The first kappa shape index (κ1) is 16.8. The second kappa shape index (κ2) is 8.18. The molecule has 0 radical (unpaired) electrons. The zero-order valence-electron chi connectivity index (χ0n) is 14.0. The number of carbonyl (C=O) groups is 1. The van der Waals surface area contributed by atoms with Gasteiger partial charge < -0.3 is 9.64 Å². The molecule has 122 valence electrons. The van der Waals surface area contributed by atoms with Gasteiger partial charge >= 0.3 is 0 Å². The summed E-state index contributed by atoms with van der Waals surface area (Å²) >= 11 is 0. The van der Waals surface area contributed by atoms with Gasteiger partial charge in [0.05, 0.1) is 6.61 Å². The van der Waals surface area contributed by atoms with Gasteiger partial charge in [-0.3, -0.25) is 9.69 Å². The topological polar surface area (TPSA) is 32.8 Å². The normalized spacial score (nSPS) is 16.1. The highest BCUT2D eigenvalue weighted by Gasteiger charge is 2.22. The molecule has 1 aliphatic heterocycles. The van der Waals surface area contributed by atoms with Crippen LogP contribution in [-0.4, -0.2) is 48.5 Å². The Morgan fingerprint density at radius 2 is 1.86 bits per heavy atom. The Balaban J connectivity index is 1.86. The summed E-state index contributed by atoms with van der Waals surface area (Å²) < 4.78 is 5.69. The maximum Gasteiger partial charge on any atom is 0.222 e. The standard InChI is InChI=1S/C18H28N2O2/c1-4-22-17-8-6-5-7-16(17)14-19-9-11-20(12-10-19)18(21)13-15(2)3/h5-8,15H,4,9-14H2,1-3H3. The maximum atomic E-state index is 12.1. The van der Waals surface area contributed by atoms with Gasteiger partial charge in [0.15, 0.2) is 0 Å². The van der Waals surface area contributed by atoms with Crippen LogP contribution in [0.25, 0.3) is 0 Å². The molecular weight excluding hydrogens is 276 g/mol. The lowest BCUT2D eigenvalue weighted by Crippen LogP contribution is -2.48. The number of rotatable bonds is 6. The predicted molar refractivity (Wildman–Crippen MR) is 88.9 cm³/mol. The molecule has 1 amide bonds. The number of hydrogen-bond donors (Lipinski definition) is 0. The smallest absolute Gasteiger partial charge is 0.222 e. The van der Waals surface area contributed by atoms with Crippen LogP contribution in [0, 0.1) is 5.92 Å². The fourth-order valence-corrected chi connectivity index (χ4v) is 2.81. The first-order chi connectivity index (χ1) is 10.6. The molecule has 22 heavy (non-hydrogen) atoms. The van der Waals surface area contributed by atoms with Gasteiger partial charge in [-0.15, -0.1) is 0 Å².